The van der Waals surface area contributed by atoms with Crippen LogP contribution >= 0.6 is 0 Å². The van der Waals surface area contributed by atoms with Gasteiger partial charge >= 0.3 is 0 Å². The summed E-state index contributed by atoms with van der Waals surface area (Å²) in [6.45, 7) is 14.0. The predicted octanol–water partition coefficient (Wildman–Crippen LogP) is 8.21. The van der Waals surface area contributed by atoms with E-state index >= 15 is 0 Å². The average Bonchev–Trinajstić information content (AvgIpc) is 3.02. The molecule has 0 saturated heterocycles. The number of hydrogen-bond acceptors (Lipinski definition) is 0. The van der Waals surface area contributed by atoms with E-state index in [0.717, 1.165) is 0 Å². The first-order chi connectivity index (χ1) is 13.2. The Hall–Kier alpha value is -2.80. The van der Waals surface area contributed by atoms with Crippen molar-refractivity contribution in [3.63, 3.8) is 0 Å². The Labute approximate surface area is 163 Å². The average molecular weight is 358 g/mol. The molecule has 0 aliphatic carbocycles. The molecule has 0 spiro atoms. The highest BCUT2D eigenvalue weighted by molar-refractivity contribution is 6.18. The van der Waals surface area contributed by atoms with Crippen LogP contribution in [0.5, 0.6) is 0 Å². The molecule has 0 N–H and O–H groups in total. The molecule has 0 saturated carbocycles. The van der Waals surface area contributed by atoms with Gasteiger partial charge in [0.2, 0.25) is 0 Å². The second-order valence-corrected chi connectivity index (χ2v) is 5.94. The van der Waals surface area contributed by atoms with Gasteiger partial charge in [-0.25, -0.2) is 0 Å². The molecule has 4 rings (SSSR count). The van der Waals surface area contributed by atoms with Crippen LogP contribution in [-0.4, -0.2) is 4.57 Å². The fourth-order valence-corrected chi connectivity index (χ4v) is 3.57. The Kier molecular flexibility index (Phi) is 7.01. The van der Waals surface area contributed by atoms with Crippen molar-refractivity contribution in [2.24, 2.45) is 7.05 Å². The standard InChI is InChI=1S/C22H19N.2C2H6/c1-4-8-17-13-20-19-12-11-16-9-6-7-10-18(16)22(19)23(3)21(20)14-15(17)5-2;2*1-2/h4-14H,2H2,1,3H3;2*1-2H3/b8-4-;;. The van der Waals surface area contributed by atoms with Crippen LogP contribution in [0.1, 0.15) is 45.7 Å². The van der Waals surface area contributed by atoms with Gasteiger partial charge in [-0.2, -0.15) is 0 Å². The lowest BCUT2D eigenvalue weighted by Crippen LogP contribution is -1.89. The van der Waals surface area contributed by atoms with Gasteiger partial charge in [0, 0.05) is 28.7 Å². The van der Waals surface area contributed by atoms with Gasteiger partial charge in [0.25, 0.3) is 0 Å². The first kappa shape index (κ1) is 20.5. The normalized spacial score (nSPS) is 10.6. The smallest absolute Gasteiger partial charge is 0.0568 e. The van der Waals surface area contributed by atoms with E-state index in [2.05, 4.69) is 78.9 Å². The maximum atomic E-state index is 3.97. The number of benzene rings is 3. The molecule has 1 heteroatoms. The van der Waals surface area contributed by atoms with E-state index in [1.54, 1.807) is 0 Å². The minimum absolute atomic E-state index is 1.17. The summed E-state index contributed by atoms with van der Waals surface area (Å²) in [5.74, 6) is 0. The van der Waals surface area contributed by atoms with Gasteiger partial charge in [0.05, 0.1) is 5.52 Å². The molecule has 0 unspecified atom stereocenters. The van der Waals surface area contributed by atoms with E-state index in [0.29, 0.717) is 0 Å². The molecule has 0 atom stereocenters. The molecule has 27 heavy (non-hydrogen) atoms. The minimum atomic E-state index is 1.17. The minimum Gasteiger partial charge on any atom is -0.343 e. The second-order valence-electron chi connectivity index (χ2n) is 5.94. The molecule has 1 aromatic heterocycles. The molecule has 0 fully saturated rings. The van der Waals surface area contributed by atoms with Gasteiger partial charge in [0.1, 0.15) is 0 Å². The molecule has 140 valence electrons. The number of allylic oxidation sites excluding steroid dienone is 1. The van der Waals surface area contributed by atoms with Gasteiger partial charge in [-0.3, -0.25) is 0 Å². The van der Waals surface area contributed by atoms with E-state index in [4.69, 9.17) is 0 Å². The quantitative estimate of drug-likeness (QED) is 0.340. The molecule has 1 nitrogen and oxygen atoms in total. The van der Waals surface area contributed by atoms with Gasteiger partial charge in [-0.05, 0) is 35.6 Å². The van der Waals surface area contributed by atoms with E-state index in [1.807, 2.05) is 40.7 Å². The van der Waals surface area contributed by atoms with Crippen LogP contribution in [0.15, 0.2) is 61.2 Å². The van der Waals surface area contributed by atoms with Crippen LogP contribution in [0.25, 0.3) is 44.7 Å². The maximum Gasteiger partial charge on any atom is 0.0568 e. The summed E-state index contributed by atoms with van der Waals surface area (Å²) in [4.78, 5) is 0. The van der Waals surface area contributed by atoms with Crippen molar-refractivity contribution >= 4 is 44.7 Å². The number of aryl methyl sites for hydroxylation is 1. The van der Waals surface area contributed by atoms with Gasteiger partial charge in [0.15, 0.2) is 0 Å². The lowest BCUT2D eigenvalue weighted by molar-refractivity contribution is 1.02. The highest BCUT2D eigenvalue weighted by Crippen LogP contribution is 2.35. The Morgan fingerprint density at radius 2 is 1.52 bits per heavy atom. The second kappa shape index (κ2) is 9.23. The first-order valence-electron chi connectivity index (χ1n) is 9.93. The number of fused-ring (bicyclic) bond motifs is 5. The van der Waals surface area contributed by atoms with E-state index in [-0.39, 0.29) is 0 Å². The molecule has 0 bridgehead atoms. The lowest BCUT2D eigenvalue weighted by atomic mass is 10.0. The molecule has 0 amide bonds. The molecular formula is C26H31N. The van der Waals surface area contributed by atoms with Crippen LogP contribution in [0.2, 0.25) is 0 Å². The van der Waals surface area contributed by atoms with Crippen molar-refractivity contribution < 1.29 is 0 Å². The highest BCUT2D eigenvalue weighted by atomic mass is 14.9. The first-order valence-corrected chi connectivity index (χ1v) is 9.93. The van der Waals surface area contributed by atoms with Crippen LogP contribution in [-0.2, 0) is 7.05 Å². The predicted molar refractivity (Wildman–Crippen MR) is 125 cm³/mol. The third-order valence-electron chi connectivity index (χ3n) is 4.66. The molecule has 1 heterocycles. The molecule has 0 radical (unpaired) electrons. The van der Waals surface area contributed by atoms with E-state index in [9.17, 15) is 0 Å². The Morgan fingerprint density at radius 3 is 2.19 bits per heavy atom. The zero-order chi connectivity index (χ0) is 20.0. The number of aromatic nitrogens is 1. The molecule has 3 aromatic carbocycles. The Bertz CT molecular complexity index is 1090. The van der Waals surface area contributed by atoms with E-state index in [1.165, 1.54) is 43.7 Å². The Balaban J connectivity index is 0.000000614. The van der Waals surface area contributed by atoms with Gasteiger partial charge in [-0.15, -0.1) is 0 Å². The third-order valence-corrected chi connectivity index (χ3v) is 4.66. The monoisotopic (exact) mass is 357 g/mol. The summed E-state index contributed by atoms with van der Waals surface area (Å²) >= 11 is 0. The number of hydrogen-bond donors (Lipinski definition) is 0. The number of nitrogens with zero attached hydrogens (tertiary/aromatic N) is 1. The van der Waals surface area contributed by atoms with Crippen molar-refractivity contribution in [2.75, 3.05) is 0 Å². The SMILES string of the molecule is C=Cc1cc2c(cc1/C=C\C)c1ccc3ccccc3c1n2C.CC.CC. The van der Waals surface area contributed by atoms with E-state index < -0.39 is 0 Å². The molecule has 4 aromatic rings. The summed E-state index contributed by atoms with van der Waals surface area (Å²) in [5, 5.41) is 5.19. The van der Waals surface area contributed by atoms with Gasteiger partial charge < -0.3 is 4.57 Å². The lowest BCUT2D eigenvalue weighted by Gasteiger charge is -2.04. The van der Waals surface area contributed by atoms with Crippen LogP contribution in [0.3, 0.4) is 0 Å². The van der Waals surface area contributed by atoms with Crippen molar-refractivity contribution in [2.45, 2.75) is 34.6 Å². The zero-order valence-electron chi connectivity index (χ0n) is 17.5. The maximum absolute atomic E-state index is 3.97. The molecular weight excluding hydrogens is 326 g/mol. The van der Waals surface area contributed by atoms with Crippen LogP contribution in [0, 0.1) is 0 Å². The summed E-state index contributed by atoms with van der Waals surface area (Å²) in [7, 11) is 2.15. The van der Waals surface area contributed by atoms with Crippen molar-refractivity contribution in [3.05, 3.63) is 72.3 Å². The fourth-order valence-electron chi connectivity index (χ4n) is 3.57. The fraction of sp³-hybridized carbons (Fsp3) is 0.231. The zero-order valence-corrected chi connectivity index (χ0v) is 17.5. The summed E-state index contributed by atoms with van der Waals surface area (Å²) < 4.78 is 2.30. The molecule has 0 aliphatic heterocycles. The van der Waals surface area contributed by atoms with Crippen LogP contribution in [0.4, 0.5) is 0 Å². The molecule has 0 aliphatic rings. The van der Waals surface area contributed by atoms with Crippen LogP contribution < -0.4 is 0 Å². The topological polar surface area (TPSA) is 4.93 Å². The number of rotatable bonds is 2. The Morgan fingerprint density at radius 1 is 0.815 bits per heavy atom. The van der Waals surface area contributed by atoms with Crippen molar-refractivity contribution in [1.29, 1.82) is 0 Å². The largest absolute Gasteiger partial charge is 0.343 e. The highest BCUT2D eigenvalue weighted by Gasteiger charge is 2.12. The summed E-state index contributed by atoms with van der Waals surface area (Å²) in [5.41, 5.74) is 4.94. The summed E-state index contributed by atoms with van der Waals surface area (Å²) in [6.07, 6.45) is 6.16. The van der Waals surface area contributed by atoms with Crippen molar-refractivity contribution in [3.8, 4) is 0 Å². The van der Waals surface area contributed by atoms with Gasteiger partial charge in [-0.1, -0.05) is 88.9 Å². The summed E-state index contributed by atoms with van der Waals surface area (Å²) in [6, 6.07) is 17.6. The van der Waals surface area contributed by atoms with Crippen molar-refractivity contribution in [1.82, 2.24) is 4.57 Å². The third kappa shape index (κ3) is 3.55.